The maximum atomic E-state index is 5.84. The molecule has 0 amide bonds. The number of likely N-dealkylation sites (tertiary alicyclic amines) is 1. The third kappa shape index (κ3) is 7.60. The summed E-state index contributed by atoms with van der Waals surface area (Å²) in [7, 11) is 0. The van der Waals surface area contributed by atoms with Gasteiger partial charge in [-0.3, -0.25) is 4.90 Å². The average Bonchev–Trinajstić information content (AvgIpc) is 3.23. The minimum atomic E-state index is -0.0298. The molecule has 1 fully saturated rings. The van der Waals surface area contributed by atoms with E-state index in [9.17, 15) is 0 Å². The molecule has 6 nitrogen and oxygen atoms in total. The summed E-state index contributed by atoms with van der Waals surface area (Å²) >= 11 is 0. The van der Waals surface area contributed by atoms with E-state index in [2.05, 4.69) is 67.1 Å². The summed E-state index contributed by atoms with van der Waals surface area (Å²) in [4.78, 5) is 11.6. The van der Waals surface area contributed by atoms with Crippen LogP contribution in [-0.4, -0.2) is 48.1 Å². The Kier molecular flexibility index (Phi) is 10.1. The molecule has 0 saturated carbocycles. The first-order valence-electron chi connectivity index (χ1n) is 10.0. The number of halogens is 1. The fourth-order valence-electron chi connectivity index (χ4n) is 3.28. The van der Waals surface area contributed by atoms with Gasteiger partial charge in [0.2, 0.25) is 5.89 Å². The summed E-state index contributed by atoms with van der Waals surface area (Å²) < 4.78 is 5.84. The second kappa shape index (κ2) is 11.2. The van der Waals surface area contributed by atoms with Gasteiger partial charge in [-0.15, -0.1) is 24.0 Å². The Morgan fingerprint density at radius 1 is 1.26 bits per heavy atom. The van der Waals surface area contributed by atoms with Crippen LogP contribution in [0.15, 0.2) is 15.6 Å². The lowest BCUT2D eigenvalue weighted by atomic mass is 9.94. The van der Waals surface area contributed by atoms with Crippen molar-refractivity contribution >= 4 is 29.9 Å². The summed E-state index contributed by atoms with van der Waals surface area (Å²) in [6.07, 6.45) is 4.45. The van der Waals surface area contributed by atoms with E-state index in [1.807, 2.05) is 6.20 Å². The second-order valence-corrected chi connectivity index (χ2v) is 8.50. The van der Waals surface area contributed by atoms with Gasteiger partial charge in [-0.1, -0.05) is 34.6 Å². The fourth-order valence-corrected chi connectivity index (χ4v) is 3.28. The first kappa shape index (κ1) is 24.2. The van der Waals surface area contributed by atoms with Gasteiger partial charge < -0.3 is 15.1 Å². The van der Waals surface area contributed by atoms with Crippen molar-refractivity contribution in [2.75, 3.05) is 26.2 Å². The van der Waals surface area contributed by atoms with Crippen molar-refractivity contribution in [1.82, 2.24) is 20.5 Å². The van der Waals surface area contributed by atoms with Crippen LogP contribution in [0.3, 0.4) is 0 Å². The number of aliphatic imine (C=N–C) groups is 1. The van der Waals surface area contributed by atoms with Gasteiger partial charge in [0, 0.05) is 24.5 Å². The predicted octanol–water partition coefficient (Wildman–Crippen LogP) is 3.77. The molecule has 0 aromatic carbocycles. The van der Waals surface area contributed by atoms with Crippen LogP contribution in [0.25, 0.3) is 0 Å². The quantitative estimate of drug-likeness (QED) is 0.346. The molecule has 2 rings (SSSR count). The molecule has 1 unspecified atom stereocenters. The highest BCUT2D eigenvalue weighted by molar-refractivity contribution is 14.0. The molecule has 0 radical (unpaired) electrons. The van der Waals surface area contributed by atoms with E-state index in [0.29, 0.717) is 24.4 Å². The first-order valence-corrected chi connectivity index (χ1v) is 10.0. The van der Waals surface area contributed by atoms with Gasteiger partial charge in [0.25, 0.3) is 0 Å². The molecule has 1 aromatic rings. The Morgan fingerprint density at radius 3 is 2.44 bits per heavy atom. The highest BCUT2D eigenvalue weighted by Gasteiger charge is 2.24. The predicted molar refractivity (Wildman–Crippen MR) is 123 cm³/mol. The monoisotopic (exact) mass is 491 g/mol. The lowest BCUT2D eigenvalue weighted by molar-refractivity contribution is 0.192. The van der Waals surface area contributed by atoms with E-state index in [1.54, 1.807) is 0 Å². The molecule has 1 aliphatic heterocycles. The van der Waals surface area contributed by atoms with Crippen molar-refractivity contribution in [3.05, 3.63) is 17.8 Å². The molecule has 2 heterocycles. The van der Waals surface area contributed by atoms with Crippen molar-refractivity contribution in [2.24, 2.45) is 10.9 Å². The number of guanidine groups is 1. The number of aromatic nitrogens is 1. The van der Waals surface area contributed by atoms with Crippen molar-refractivity contribution < 1.29 is 4.42 Å². The Labute approximate surface area is 182 Å². The number of rotatable bonds is 7. The van der Waals surface area contributed by atoms with Crippen molar-refractivity contribution in [3.63, 3.8) is 0 Å². The number of nitrogens with zero attached hydrogens (tertiary/aromatic N) is 3. The zero-order valence-corrected chi connectivity index (χ0v) is 20.2. The SMILES string of the molecule is CCNC(=NCc1ncc(C(C)(C)C)o1)NCC(C(C)C)N1CCCC1.I. The van der Waals surface area contributed by atoms with Crippen LogP contribution < -0.4 is 10.6 Å². The fraction of sp³-hybridized carbons (Fsp3) is 0.800. The first-order chi connectivity index (χ1) is 12.3. The smallest absolute Gasteiger partial charge is 0.216 e. The third-order valence-corrected chi connectivity index (χ3v) is 4.87. The number of nitrogens with one attached hydrogen (secondary N) is 2. The number of oxazole rings is 1. The van der Waals surface area contributed by atoms with Gasteiger partial charge in [0.1, 0.15) is 12.3 Å². The van der Waals surface area contributed by atoms with E-state index in [0.717, 1.165) is 24.8 Å². The number of hydrogen-bond acceptors (Lipinski definition) is 4. The lowest BCUT2D eigenvalue weighted by Crippen LogP contribution is -2.48. The van der Waals surface area contributed by atoms with E-state index >= 15 is 0 Å². The maximum Gasteiger partial charge on any atom is 0.216 e. The molecule has 2 N–H and O–H groups in total. The van der Waals surface area contributed by atoms with Gasteiger partial charge >= 0.3 is 0 Å². The van der Waals surface area contributed by atoms with E-state index < -0.39 is 0 Å². The maximum absolute atomic E-state index is 5.84. The molecule has 0 aliphatic carbocycles. The van der Waals surface area contributed by atoms with Gasteiger partial charge in [-0.25, -0.2) is 9.98 Å². The molecular weight excluding hydrogens is 453 g/mol. The van der Waals surface area contributed by atoms with Gasteiger partial charge in [-0.2, -0.15) is 0 Å². The van der Waals surface area contributed by atoms with E-state index in [1.165, 1.54) is 25.9 Å². The zero-order valence-electron chi connectivity index (χ0n) is 17.8. The standard InChI is InChI=1S/C20H37N5O.HI/c1-7-21-19(23-12-16(15(2)3)25-10-8-9-11-25)24-14-18-22-13-17(26-18)20(4,5)6;/h13,15-16H,7-12,14H2,1-6H3,(H2,21,23,24);1H. The van der Waals surface area contributed by atoms with Crippen molar-refractivity contribution in [2.45, 2.75) is 72.4 Å². The Bertz CT molecular complexity index is 573. The molecule has 156 valence electrons. The minimum Gasteiger partial charge on any atom is -0.443 e. The molecule has 0 spiro atoms. The topological polar surface area (TPSA) is 65.7 Å². The highest BCUT2D eigenvalue weighted by atomic mass is 127. The van der Waals surface area contributed by atoms with Gasteiger partial charge in [0.05, 0.1) is 6.20 Å². The van der Waals surface area contributed by atoms with Crippen LogP contribution in [0, 0.1) is 5.92 Å². The number of hydrogen-bond donors (Lipinski definition) is 2. The van der Waals surface area contributed by atoms with Crippen LogP contribution in [0.1, 0.15) is 66.0 Å². The van der Waals surface area contributed by atoms with Gasteiger partial charge in [0.15, 0.2) is 5.96 Å². The molecule has 7 heteroatoms. The largest absolute Gasteiger partial charge is 0.443 e. The molecule has 27 heavy (non-hydrogen) atoms. The normalized spacial score (nSPS) is 17.1. The Balaban J connectivity index is 0.00000364. The van der Waals surface area contributed by atoms with E-state index in [4.69, 9.17) is 4.42 Å². The zero-order chi connectivity index (χ0) is 19.2. The highest BCUT2D eigenvalue weighted by Crippen LogP contribution is 2.22. The minimum absolute atomic E-state index is 0. The third-order valence-electron chi connectivity index (χ3n) is 4.87. The molecule has 1 aliphatic rings. The van der Waals surface area contributed by atoms with Crippen molar-refractivity contribution in [3.8, 4) is 0 Å². The second-order valence-electron chi connectivity index (χ2n) is 8.50. The summed E-state index contributed by atoms with van der Waals surface area (Å²) in [6, 6.07) is 0.538. The summed E-state index contributed by atoms with van der Waals surface area (Å²) in [5.41, 5.74) is -0.0298. The Morgan fingerprint density at radius 2 is 1.93 bits per heavy atom. The van der Waals surface area contributed by atoms with Crippen LogP contribution in [0.5, 0.6) is 0 Å². The molecule has 1 saturated heterocycles. The average molecular weight is 491 g/mol. The summed E-state index contributed by atoms with van der Waals surface area (Å²) in [5.74, 6) is 3.00. The summed E-state index contributed by atoms with van der Waals surface area (Å²) in [5, 5.41) is 6.84. The van der Waals surface area contributed by atoms with Crippen LogP contribution in [0.4, 0.5) is 0 Å². The molecule has 1 aromatic heterocycles. The molecule has 1 atom stereocenters. The molecular formula is C20H38IN5O. The molecule has 0 bridgehead atoms. The van der Waals surface area contributed by atoms with Crippen molar-refractivity contribution in [1.29, 1.82) is 0 Å². The van der Waals surface area contributed by atoms with Gasteiger partial charge in [-0.05, 0) is 38.8 Å². The Hall–Kier alpha value is -0.830. The summed E-state index contributed by atoms with van der Waals surface area (Å²) in [6.45, 7) is 17.7. The van der Waals surface area contributed by atoms with Crippen LogP contribution in [-0.2, 0) is 12.0 Å². The van der Waals surface area contributed by atoms with Crippen LogP contribution >= 0.6 is 24.0 Å². The van der Waals surface area contributed by atoms with E-state index in [-0.39, 0.29) is 29.4 Å². The van der Waals surface area contributed by atoms with Crippen LogP contribution in [0.2, 0.25) is 0 Å². The lowest BCUT2D eigenvalue weighted by Gasteiger charge is -2.31.